The van der Waals surface area contributed by atoms with Crippen molar-refractivity contribution in [3.05, 3.63) is 47.2 Å². The summed E-state index contributed by atoms with van der Waals surface area (Å²) in [6.45, 7) is 5.78. The number of carbonyl (C=O) groups excluding carboxylic acids is 1. The Hall–Kier alpha value is -2.80. The first kappa shape index (κ1) is 20.5. The number of anilines is 1. The Bertz CT molecular complexity index is 917. The molecule has 1 aromatic carbocycles. The fourth-order valence-electron chi connectivity index (χ4n) is 4.19. The Morgan fingerprint density at radius 1 is 1.40 bits per heavy atom. The number of hydrogen-bond acceptors (Lipinski definition) is 6. The first-order chi connectivity index (χ1) is 14.6. The predicted molar refractivity (Wildman–Crippen MR) is 114 cm³/mol. The number of ether oxygens (including phenoxy) is 2. The normalized spacial score (nSPS) is 20.0. The quantitative estimate of drug-likeness (QED) is 0.729. The lowest BCUT2D eigenvalue weighted by Gasteiger charge is -2.22. The van der Waals surface area contributed by atoms with E-state index in [9.17, 15) is 9.90 Å². The molecule has 0 saturated carbocycles. The van der Waals surface area contributed by atoms with Gasteiger partial charge in [0.25, 0.3) is 5.91 Å². The van der Waals surface area contributed by atoms with Crippen LogP contribution in [0, 0.1) is 0 Å². The van der Waals surface area contributed by atoms with E-state index in [2.05, 4.69) is 23.3 Å². The summed E-state index contributed by atoms with van der Waals surface area (Å²) in [5, 5.41) is 12.8. The Morgan fingerprint density at radius 3 is 3.07 bits per heavy atom. The molecular formula is C23H29N3O4. The van der Waals surface area contributed by atoms with E-state index >= 15 is 0 Å². The van der Waals surface area contributed by atoms with Crippen molar-refractivity contribution in [2.24, 2.45) is 0 Å². The minimum Gasteiger partial charge on any atom is -0.494 e. The average Bonchev–Trinajstić information content (AvgIpc) is 3.37. The molecule has 0 aliphatic carbocycles. The van der Waals surface area contributed by atoms with Crippen LogP contribution in [0.3, 0.4) is 0 Å². The molecule has 0 radical (unpaired) electrons. The summed E-state index contributed by atoms with van der Waals surface area (Å²) < 4.78 is 11.7. The number of nitrogens with zero attached hydrogens (tertiary/aromatic N) is 2. The molecule has 7 heteroatoms. The number of amides is 1. The number of aromatic nitrogens is 1. The molecule has 1 saturated heterocycles. The fraction of sp³-hybridized carbons (Fsp3) is 0.478. The van der Waals surface area contributed by atoms with Gasteiger partial charge in [0.15, 0.2) is 0 Å². The molecule has 4 rings (SSSR count). The van der Waals surface area contributed by atoms with Crippen LogP contribution >= 0.6 is 0 Å². The van der Waals surface area contributed by atoms with Crippen molar-refractivity contribution in [2.75, 3.05) is 25.1 Å². The Morgan fingerprint density at radius 2 is 2.27 bits per heavy atom. The third-order valence-electron chi connectivity index (χ3n) is 5.66. The molecule has 1 fully saturated rings. The van der Waals surface area contributed by atoms with Crippen molar-refractivity contribution >= 4 is 11.7 Å². The molecular weight excluding hydrogens is 382 g/mol. The first-order valence-corrected chi connectivity index (χ1v) is 10.7. The highest BCUT2D eigenvalue weighted by Gasteiger charge is 2.29. The van der Waals surface area contributed by atoms with Gasteiger partial charge in [-0.2, -0.15) is 0 Å². The molecule has 2 aromatic rings. The summed E-state index contributed by atoms with van der Waals surface area (Å²) in [4.78, 5) is 19.1. The van der Waals surface area contributed by atoms with Gasteiger partial charge in [-0.1, -0.05) is 6.07 Å². The monoisotopic (exact) mass is 411 g/mol. The molecule has 2 aliphatic heterocycles. The van der Waals surface area contributed by atoms with E-state index in [1.54, 1.807) is 11.0 Å². The number of nitrogens with one attached hydrogen (secondary N) is 1. The highest BCUT2D eigenvalue weighted by Crippen LogP contribution is 2.35. The van der Waals surface area contributed by atoms with E-state index in [0.29, 0.717) is 31.2 Å². The van der Waals surface area contributed by atoms with Gasteiger partial charge in [-0.25, -0.2) is 4.98 Å². The van der Waals surface area contributed by atoms with Crippen LogP contribution < -0.4 is 14.8 Å². The maximum absolute atomic E-state index is 12.8. The third-order valence-corrected chi connectivity index (χ3v) is 5.66. The van der Waals surface area contributed by atoms with Gasteiger partial charge in [-0.3, -0.25) is 4.79 Å². The smallest absolute Gasteiger partial charge is 0.272 e. The summed E-state index contributed by atoms with van der Waals surface area (Å²) in [7, 11) is 0. The second-order valence-electron chi connectivity index (χ2n) is 7.87. The second kappa shape index (κ2) is 8.92. The zero-order valence-corrected chi connectivity index (χ0v) is 17.6. The van der Waals surface area contributed by atoms with Crippen molar-refractivity contribution in [3.8, 4) is 11.5 Å². The molecule has 30 heavy (non-hydrogen) atoms. The summed E-state index contributed by atoms with van der Waals surface area (Å²) in [6, 6.07) is 9.37. The highest BCUT2D eigenvalue weighted by atomic mass is 16.5. The molecule has 160 valence electrons. The molecule has 7 nitrogen and oxygen atoms in total. The number of likely N-dealkylation sites (tertiary alicyclic amines) is 1. The number of benzene rings is 1. The van der Waals surface area contributed by atoms with Crippen molar-refractivity contribution < 1.29 is 19.4 Å². The molecule has 1 amide bonds. The minimum absolute atomic E-state index is 0.0110. The van der Waals surface area contributed by atoms with Gasteiger partial charge in [-0.05, 0) is 51.0 Å². The fourth-order valence-corrected chi connectivity index (χ4v) is 4.19. The number of fused-ring (bicyclic) bond motifs is 1. The lowest BCUT2D eigenvalue weighted by Crippen LogP contribution is -2.38. The highest BCUT2D eigenvalue weighted by molar-refractivity contribution is 5.93. The molecule has 0 bridgehead atoms. The average molecular weight is 412 g/mol. The van der Waals surface area contributed by atoms with Crippen molar-refractivity contribution in [3.63, 3.8) is 0 Å². The molecule has 2 N–H and O–H groups in total. The van der Waals surface area contributed by atoms with Crippen LogP contribution in [0.4, 0.5) is 5.82 Å². The van der Waals surface area contributed by atoms with Gasteiger partial charge in [0.1, 0.15) is 29.1 Å². The number of pyridine rings is 1. The van der Waals surface area contributed by atoms with Crippen LogP contribution in [0.15, 0.2) is 30.3 Å². The maximum Gasteiger partial charge on any atom is 0.272 e. The topological polar surface area (TPSA) is 83.9 Å². The number of rotatable bonds is 7. The van der Waals surface area contributed by atoms with E-state index in [0.717, 1.165) is 36.3 Å². The zero-order valence-electron chi connectivity index (χ0n) is 17.6. The zero-order chi connectivity index (χ0) is 21.1. The van der Waals surface area contributed by atoms with Gasteiger partial charge in [0.05, 0.1) is 19.3 Å². The van der Waals surface area contributed by atoms with Crippen LogP contribution in [-0.2, 0) is 13.0 Å². The van der Waals surface area contributed by atoms with Crippen LogP contribution in [0.25, 0.3) is 0 Å². The Balaban J connectivity index is 1.49. The molecule has 1 aromatic heterocycles. The van der Waals surface area contributed by atoms with E-state index < -0.39 is 0 Å². The number of hydrogen-bond donors (Lipinski definition) is 2. The standard InChI is InChI=1S/C23H29N3O4/c1-3-29-20-11-16-10-15(2)30-21(16)12-17(20)13-24-22-8-4-7-19(25-22)23(28)26-9-5-6-18(26)14-27/h4,7-8,11-12,15,18,27H,3,5-6,9-10,13-14H2,1-2H3,(H,24,25). The van der Waals surface area contributed by atoms with Crippen molar-refractivity contribution in [1.29, 1.82) is 0 Å². The van der Waals surface area contributed by atoms with Gasteiger partial charge >= 0.3 is 0 Å². The summed E-state index contributed by atoms with van der Waals surface area (Å²) >= 11 is 0. The van der Waals surface area contributed by atoms with Crippen LogP contribution in [-0.4, -0.2) is 52.8 Å². The van der Waals surface area contributed by atoms with Crippen molar-refractivity contribution in [1.82, 2.24) is 9.88 Å². The Labute approximate surface area is 177 Å². The SMILES string of the molecule is CCOc1cc2c(cc1CNc1cccc(C(=O)N3CCCC3CO)n1)OC(C)C2. The molecule has 2 atom stereocenters. The second-order valence-corrected chi connectivity index (χ2v) is 7.87. The number of carbonyl (C=O) groups is 1. The molecule has 2 aliphatic rings. The van der Waals surface area contributed by atoms with Gasteiger partial charge in [0, 0.05) is 30.6 Å². The van der Waals surface area contributed by atoms with E-state index in [4.69, 9.17) is 9.47 Å². The largest absolute Gasteiger partial charge is 0.494 e. The molecule has 3 heterocycles. The molecule has 0 spiro atoms. The number of aliphatic hydroxyl groups excluding tert-OH is 1. The summed E-state index contributed by atoms with van der Waals surface area (Å²) in [5.74, 6) is 2.24. The van der Waals surface area contributed by atoms with Crippen LogP contribution in [0.1, 0.15) is 48.3 Å². The Kier molecular flexibility index (Phi) is 6.08. The summed E-state index contributed by atoms with van der Waals surface area (Å²) in [5.41, 5.74) is 2.55. The summed E-state index contributed by atoms with van der Waals surface area (Å²) in [6.07, 6.45) is 2.81. The van der Waals surface area contributed by atoms with Gasteiger partial charge in [-0.15, -0.1) is 0 Å². The van der Waals surface area contributed by atoms with Crippen molar-refractivity contribution in [2.45, 2.75) is 51.8 Å². The predicted octanol–water partition coefficient (Wildman–Crippen LogP) is 3.01. The first-order valence-electron chi connectivity index (χ1n) is 10.7. The van der Waals surface area contributed by atoms with Crippen LogP contribution in [0.5, 0.6) is 11.5 Å². The molecule has 2 unspecified atom stereocenters. The lowest BCUT2D eigenvalue weighted by molar-refractivity contribution is 0.0672. The van der Waals surface area contributed by atoms with Crippen LogP contribution in [0.2, 0.25) is 0 Å². The minimum atomic E-state index is -0.134. The van der Waals surface area contributed by atoms with E-state index in [1.807, 2.05) is 25.1 Å². The lowest BCUT2D eigenvalue weighted by atomic mass is 10.1. The van der Waals surface area contributed by atoms with Gasteiger partial charge in [0.2, 0.25) is 0 Å². The van der Waals surface area contributed by atoms with Gasteiger partial charge < -0.3 is 24.8 Å². The third kappa shape index (κ3) is 4.21. The maximum atomic E-state index is 12.8. The number of aliphatic hydroxyl groups is 1. The van der Waals surface area contributed by atoms with E-state index in [-0.39, 0.29) is 24.7 Å². The van der Waals surface area contributed by atoms with E-state index in [1.165, 1.54) is 5.56 Å².